The van der Waals surface area contributed by atoms with Gasteiger partial charge in [0, 0.05) is 12.1 Å². The van der Waals surface area contributed by atoms with Gasteiger partial charge >= 0.3 is 0 Å². The quantitative estimate of drug-likeness (QED) is 0.943. The molecule has 0 bridgehead atoms. The van der Waals surface area contributed by atoms with E-state index in [2.05, 4.69) is 5.32 Å². The summed E-state index contributed by atoms with van der Waals surface area (Å²) in [6.45, 7) is 4.65. The van der Waals surface area contributed by atoms with Crippen LogP contribution in [-0.4, -0.2) is 19.8 Å². The van der Waals surface area contributed by atoms with Gasteiger partial charge in [-0.1, -0.05) is 6.07 Å². The van der Waals surface area contributed by atoms with Crippen molar-refractivity contribution in [2.75, 3.05) is 13.9 Å². The number of benzene rings is 2. The second-order valence-corrected chi connectivity index (χ2v) is 5.50. The number of aryl methyl sites for hydroxylation is 2. The molecule has 120 valence electrons. The third-order valence-corrected chi connectivity index (χ3v) is 3.93. The molecule has 3 rings (SSSR count). The Balaban J connectivity index is 1.71. The predicted molar refractivity (Wildman–Crippen MR) is 86.2 cm³/mol. The summed E-state index contributed by atoms with van der Waals surface area (Å²) >= 11 is 0. The van der Waals surface area contributed by atoms with Crippen molar-refractivity contribution in [2.45, 2.75) is 20.4 Å². The molecule has 0 saturated heterocycles. The Morgan fingerprint density at radius 2 is 1.91 bits per heavy atom. The fourth-order valence-electron chi connectivity index (χ4n) is 2.58. The van der Waals surface area contributed by atoms with Crippen LogP contribution in [0.5, 0.6) is 17.2 Å². The number of methoxy groups -OCH3 is 1. The molecule has 0 aliphatic carbocycles. The highest BCUT2D eigenvalue weighted by Gasteiger charge is 2.16. The first-order valence-electron chi connectivity index (χ1n) is 7.40. The molecule has 0 fully saturated rings. The van der Waals surface area contributed by atoms with Crippen LogP contribution in [0, 0.1) is 13.8 Å². The van der Waals surface area contributed by atoms with Gasteiger partial charge in [0.15, 0.2) is 11.5 Å². The third kappa shape index (κ3) is 3.08. The van der Waals surface area contributed by atoms with E-state index in [0.717, 1.165) is 22.4 Å². The average molecular weight is 313 g/mol. The van der Waals surface area contributed by atoms with E-state index < -0.39 is 0 Å². The van der Waals surface area contributed by atoms with E-state index in [9.17, 15) is 4.79 Å². The fourth-order valence-corrected chi connectivity index (χ4v) is 2.58. The summed E-state index contributed by atoms with van der Waals surface area (Å²) in [7, 11) is 1.66. The summed E-state index contributed by atoms with van der Waals surface area (Å²) in [4.78, 5) is 12.3. The van der Waals surface area contributed by atoms with Gasteiger partial charge in [-0.2, -0.15) is 0 Å². The first-order chi connectivity index (χ1) is 11.1. The van der Waals surface area contributed by atoms with Crippen molar-refractivity contribution < 1.29 is 19.0 Å². The van der Waals surface area contributed by atoms with Gasteiger partial charge in [0.1, 0.15) is 5.75 Å². The van der Waals surface area contributed by atoms with Crippen molar-refractivity contribution >= 4 is 5.91 Å². The highest BCUT2D eigenvalue weighted by Crippen LogP contribution is 2.32. The maximum atomic E-state index is 12.3. The Labute approximate surface area is 135 Å². The van der Waals surface area contributed by atoms with Gasteiger partial charge in [-0.25, -0.2) is 0 Å². The molecule has 1 aliphatic heterocycles. The van der Waals surface area contributed by atoms with Crippen LogP contribution in [0.4, 0.5) is 0 Å². The fraction of sp³-hybridized carbons (Fsp3) is 0.278. The van der Waals surface area contributed by atoms with Crippen LogP contribution in [0.15, 0.2) is 30.3 Å². The first kappa shape index (κ1) is 15.2. The second kappa shape index (κ2) is 6.20. The summed E-state index contributed by atoms with van der Waals surface area (Å²) in [5.74, 6) is 1.99. The molecule has 1 amide bonds. The molecule has 0 saturated carbocycles. The Morgan fingerprint density at radius 1 is 1.13 bits per heavy atom. The number of fused-ring (bicyclic) bond motifs is 1. The molecule has 5 heteroatoms. The van der Waals surface area contributed by atoms with Gasteiger partial charge in [-0.05, 0) is 54.8 Å². The number of hydrogen-bond acceptors (Lipinski definition) is 4. The summed E-state index contributed by atoms with van der Waals surface area (Å²) in [5.41, 5.74) is 3.75. The van der Waals surface area contributed by atoms with Crippen LogP contribution in [0.3, 0.4) is 0 Å². The average Bonchev–Trinajstić information content (AvgIpc) is 3.02. The summed E-state index contributed by atoms with van der Waals surface area (Å²) in [6.07, 6.45) is 0. The molecule has 0 atom stereocenters. The Hall–Kier alpha value is -2.69. The van der Waals surface area contributed by atoms with E-state index >= 15 is 0 Å². The van der Waals surface area contributed by atoms with E-state index in [0.29, 0.717) is 23.6 Å². The minimum atomic E-state index is -0.142. The molecule has 0 spiro atoms. The van der Waals surface area contributed by atoms with Crippen molar-refractivity contribution in [3.8, 4) is 17.2 Å². The predicted octanol–water partition coefficient (Wildman–Crippen LogP) is 2.97. The molecular formula is C18H19NO4. The van der Waals surface area contributed by atoms with E-state index in [1.165, 1.54) is 0 Å². The molecule has 0 unspecified atom stereocenters. The molecule has 5 nitrogen and oxygen atoms in total. The van der Waals surface area contributed by atoms with Crippen LogP contribution in [-0.2, 0) is 6.54 Å². The zero-order chi connectivity index (χ0) is 16.4. The minimum absolute atomic E-state index is 0.142. The van der Waals surface area contributed by atoms with Crippen LogP contribution in [0.1, 0.15) is 27.0 Å². The van der Waals surface area contributed by atoms with Crippen LogP contribution >= 0.6 is 0 Å². The number of ether oxygens (including phenoxy) is 3. The number of rotatable bonds is 4. The van der Waals surface area contributed by atoms with Crippen molar-refractivity contribution in [3.63, 3.8) is 0 Å². The standard InChI is InChI=1S/C18H19NO4/c1-11-7-16(21-3)12(2)6-14(11)9-19-18(20)13-4-5-15-17(8-13)23-10-22-15/h4-8H,9-10H2,1-3H3,(H,19,20). The van der Waals surface area contributed by atoms with E-state index in [1.54, 1.807) is 25.3 Å². The summed E-state index contributed by atoms with van der Waals surface area (Å²) in [6, 6.07) is 9.20. The van der Waals surface area contributed by atoms with Crippen molar-refractivity contribution in [1.29, 1.82) is 0 Å². The molecular weight excluding hydrogens is 294 g/mol. The lowest BCUT2D eigenvalue weighted by atomic mass is 10.0. The smallest absolute Gasteiger partial charge is 0.251 e. The Bertz CT molecular complexity index is 755. The Kier molecular flexibility index (Phi) is 4.10. The van der Waals surface area contributed by atoms with Gasteiger partial charge < -0.3 is 19.5 Å². The zero-order valence-electron chi connectivity index (χ0n) is 13.4. The lowest BCUT2D eigenvalue weighted by Crippen LogP contribution is -2.23. The minimum Gasteiger partial charge on any atom is -0.496 e. The maximum absolute atomic E-state index is 12.3. The van der Waals surface area contributed by atoms with Gasteiger partial charge in [0.25, 0.3) is 5.91 Å². The number of carbonyl (C=O) groups excluding carboxylic acids is 1. The number of carbonyl (C=O) groups is 1. The monoisotopic (exact) mass is 313 g/mol. The third-order valence-electron chi connectivity index (χ3n) is 3.93. The lowest BCUT2D eigenvalue weighted by molar-refractivity contribution is 0.0950. The van der Waals surface area contributed by atoms with Gasteiger partial charge in [-0.3, -0.25) is 4.79 Å². The first-order valence-corrected chi connectivity index (χ1v) is 7.40. The molecule has 0 aromatic heterocycles. The topological polar surface area (TPSA) is 56.8 Å². The Morgan fingerprint density at radius 3 is 2.70 bits per heavy atom. The normalized spacial score (nSPS) is 12.1. The molecule has 2 aromatic rings. The highest BCUT2D eigenvalue weighted by atomic mass is 16.7. The van der Waals surface area contributed by atoms with Crippen LogP contribution < -0.4 is 19.5 Å². The lowest BCUT2D eigenvalue weighted by Gasteiger charge is -2.12. The molecule has 2 aromatic carbocycles. The number of nitrogens with one attached hydrogen (secondary N) is 1. The van der Waals surface area contributed by atoms with Crippen LogP contribution in [0.25, 0.3) is 0 Å². The molecule has 1 aliphatic rings. The molecule has 23 heavy (non-hydrogen) atoms. The summed E-state index contributed by atoms with van der Waals surface area (Å²) < 4.78 is 15.8. The maximum Gasteiger partial charge on any atom is 0.251 e. The highest BCUT2D eigenvalue weighted by molar-refractivity contribution is 5.94. The SMILES string of the molecule is COc1cc(C)c(CNC(=O)c2ccc3c(c2)OCO3)cc1C. The van der Waals surface area contributed by atoms with Gasteiger partial charge in [-0.15, -0.1) is 0 Å². The largest absolute Gasteiger partial charge is 0.496 e. The number of hydrogen-bond donors (Lipinski definition) is 1. The molecule has 0 radical (unpaired) electrons. The van der Waals surface area contributed by atoms with Crippen molar-refractivity contribution in [3.05, 3.63) is 52.6 Å². The molecule has 1 N–H and O–H groups in total. The van der Waals surface area contributed by atoms with E-state index in [1.807, 2.05) is 26.0 Å². The van der Waals surface area contributed by atoms with E-state index in [-0.39, 0.29) is 12.7 Å². The van der Waals surface area contributed by atoms with Crippen molar-refractivity contribution in [2.24, 2.45) is 0 Å². The van der Waals surface area contributed by atoms with Gasteiger partial charge in [0.2, 0.25) is 6.79 Å². The van der Waals surface area contributed by atoms with Gasteiger partial charge in [0.05, 0.1) is 7.11 Å². The second-order valence-electron chi connectivity index (χ2n) is 5.50. The van der Waals surface area contributed by atoms with Crippen molar-refractivity contribution in [1.82, 2.24) is 5.32 Å². The zero-order valence-corrected chi connectivity index (χ0v) is 13.4. The number of amides is 1. The van der Waals surface area contributed by atoms with Crippen LogP contribution in [0.2, 0.25) is 0 Å². The molecule has 1 heterocycles. The summed E-state index contributed by atoms with van der Waals surface area (Å²) in [5, 5.41) is 2.94. The van der Waals surface area contributed by atoms with E-state index in [4.69, 9.17) is 14.2 Å².